The molecule has 0 radical (unpaired) electrons. The van der Waals surface area contributed by atoms with Crippen molar-refractivity contribution in [2.45, 2.75) is 51.1 Å². The molecule has 1 amide bonds. The van der Waals surface area contributed by atoms with Gasteiger partial charge >= 0.3 is 0 Å². The summed E-state index contributed by atoms with van der Waals surface area (Å²) in [6.07, 6.45) is 6.43. The van der Waals surface area contributed by atoms with Gasteiger partial charge in [0, 0.05) is 49.9 Å². The summed E-state index contributed by atoms with van der Waals surface area (Å²) in [6, 6.07) is 6.15. The predicted molar refractivity (Wildman–Crippen MR) is 134 cm³/mol. The summed E-state index contributed by atoms with van der Waals surface area (Å²) in [4.78, 5) is 23.7. The third kappa shape index (κ3) is 3.80. The van der Waals surface area contributed by atoms with Gasteiger partial charge in [0.15, 0.2) is 5.65 Å². The number of hydrogen-bond donors (Lipinski definition) is 1. The normalized spacial score (nSPS) is 23.0. The zero-order chi connectivity index (χ0) is 23.2. The van der Waals surface area contributed by atoms with Crippen LogP contribution in [0.4, 0.5) is 5.82 Å². The molecule has 3 aliphatic heterocycles. The Balaban J connectivity index is 1.25. The number of aromatic nitrogens is 3. The fourth-order valence-electron chi connectivity index (χ4n) is 5.18. The number of fused-ring (bicyclic) bond motifs is 1. The smallest absolute Gasteiger partial charge is 0.271 e. The number of thiophene rings is 1. The van der Waals surface area contributed by atoms with E-state index in [2.05, 4.69) is 22.0 Å². The van der Waals surface area contributed by atoms with Crippen molar-refractivity contribution in [3.05, 3.63) is 45.9 Å². The zero-order valence-electron chi connectivity index (χ0n) is 19.2. The van der Waals surface area contributed by atoms with Crippen LogP contribution in [0.1, 0.15) is 54.3 Å². The summed E-state index contributed by atoms with van der Waals surface area (Å²) in [7, 11) is 0. The Labute approximate surface area is 202 Å². The summed E-state index contributed by atoms with van der Waals surface area (Å²) in [6.45, 7) is 4.52. The summed E-state index contributed by atoms with van der Waals surface area (Å²) < 4.78 is 1.84. The molecular weight excluding hydrogens is 448 g/mol. The van der Waals surface area contributed by atoms with Crippen LogP contribution in [0.2, 0.25) is 0 Å². The molecule has 0 bridgehead atoms. The molecule has 2 N–H and O–H groups in total. The number of rotatable bonds is 4. The number of piperidine rings is 1. The van der Waals surface area contributed by atoms with E-state index in [1.165, 1.54) is 0 Å². The highest BCUT2D eigenvalue weighted by Crippen LogP contribution is 2.32. The van der Waals surface area contributed by atoms with E-state index in [4.69, 9.17) is 15.8 Å². The Morgan fingerprint density at radius 3 is 2.91 bits per heavy atom. The minimum Gasteiger partial charge on any atom is -0.355 e. The SMILES string of the molecule is Cc1cn2nc([C@@H]3CCCCN3C(=O)C3=NN=C(c4cccs4)C3)cc2nc1N1CC[C@H](N)C1. The standard InChI is InChI=1S/C24H28N8OS/c1-15-13-32-22(26-23(15)30-9-7-16(25)14-30)12-17(29-32)20-5-2-3-8-31(20)24(33)19-11-18(27-28-19)21-6-4-10-34-21/h4,6,10,12-13,16,20H,2-3,5,7-9,11,14,25H2,1H3/t16-,20-/m0/s1. The van der Waals surface area contributed by atoms with Crippen molar-refractivity contribution in [2.24, 2.45) is 15.9 Å². The average molecular weight is 477 g/mol. The Kier molecular flexibility index (Phi) is 5.41. The van der Waals surface area contributed by atoms with Gasteiger partial charge in [0.2, 0.25) is 0 Å². The Bertz CT molecular complexity index is 1290. The van der Waals surface area contributed by atoms with Gasteiger partial charge in [-0.05, 0) is 44.1 Å². The number of anilines is 1. The van der Waals surface area contributed by atoms with Gasteiger partial charge in [-0.2, -0.15) is 10.2 Å². The van der Waals surface area contributed by atoms with Crippen LogP contribution >= 0.6 is 11.3 Å². The van der Waals surface area contributed by atoms with E-state index < -0.39 is 0 Å². The van der Waals surface area contributed by atoms with Gasteiger partial charge in [0.05, 0.1) is 22.3 Å². The van der Waals surface area contributed by atoms with Crippen LogP contribution in [0.25, 0.3) is 5.65 Å². The van der Waals surface area contributed by atoms with Gasteiger partial charge in [-0.15, -0.1) is 16.4 Å². The first-order valence-electron chi connectivity index (χ1n) is 11.9. The molecule has 0 aliphatic carbocycles. The molecule has 2 fully saturated rings. The Hall–Kier alpha value is -3.11. The van der Waals surface area contributed by atoms with Gasteiger partial charge in [-0.25, -0.2) is 9.50 Å². The molecule has 0 saturated carbocycles. The van der Waals surface area contributed by atoms with Crippen LogP contribution in [0, 0.1) is 6.92 Å². The van der Waals surface area contributed by atoms with E-state index >= 15 is 0 Å². The number of aryl methyl sites for hydroxylation is 1. The number of nitrogens with two attached hydrogens (primary N) is 1. The average Bonchev–Trinajstić information content (AvgIpc) is 3.64. The minimum absolute atomic E-state index is 0.0343. The maximum atomic E-state index is 13.5. The predicted octanol–water partition coefficient (Wildman–Crippen LogP) is 2.94. The quantitative estimate of drug-likeness (QED) is 0.623. The molecule has 0 unspecified atom stereocenters. The van der Waals surface area contributed by atoms with Crippen molar-refractivity contribution in [1.82, 2.24) is 19.5 Å². The van der Waals surface area contributed by atoms with E-state index in [0.29, 0.717) is 18.7 Å². The molecule has 3 aliphatic rings. The van der Waals surface area contributed by atoms with E-state index in [9.17, 15) is 4.79 Å². The Morgan fingerprint density at radius 1 is 1.21 bits per heavy atom. The zero-order valence-corrected chi connectivity index (χ0v) is 20.0. The molecule has 6 rings (SSSR count). The van der Waals surface area contributed by atoms with E-state index in [1.54, 1.807) is 11.3 Å². The third-order valence-corrected chi connectivity index (χ3v) is 7.85. The highest BCUT2D eigenvalue weighted by atomic mass is 32.1. The molecule has 34 heavy (non-hydrogen) atoms. The van der Waals surface area contributed by atoms with Crippen LogP contribution in [0.3, 0.4) is 0 Å². The van der Waals surface area contributed by atoms with Crippen molar-refractivity contribution in [2.75, 3.05) is 24.5 Å². The number of amides is 1. The van der Waals surface area contributed by atoms with Crippen LogP contribution in [0.15, 0.2) is 40.0 Å². The van der Waals surface area contributed by atoms with Crippen LogP contribution in [-0.2, 0) is 4.79 Å². The number of nitrogens with zero attached hydrogens (tertiary/aromatic N) is 7. The molecule has 176 valence electrons. The van der Waals surface area contributed by atoms with Crippen LogP contribution in [0.5, 0.6) is 0 Å². The molecule has 9 nitrogen and oxygen atoms in total. The molecule has 0 aromatic carbocycles. The van der Waals surface area contributed by atoms with Crippen molar-refractivity contribution in [3.8, 4) is 0 Å². The van der Waals surface area contributed by atoms with Crippen molar-refractivity contribution < 1.29 is 4.79 Å². The second kappa shape index (κ2) is 8.59. The molecule has 0 spiro atoms. The molecule has 6 heterocycles. The third-order valence-electron chi connectivity index (χ3n) is 6.93. The lowest BCUT2D eigenvalue weighted by molar-refractivity contribution is -0.127. The lowest BCUT2D eigenvalue weighted by Gasteiger charge is -2.34. The number of carbonyl (C=O) groups is 1. The highest BCUT2D eigenvalue weighted by Gasteiger charge is 2.34. The molecular formula is C24H28N8OS. The van der Waals surface area contributed by atoms with E-state index in [0.717, 1.165) is 72.1 Å². The largest absolute Gasteiger partial charge is 0.355 e. The summed E-state index contributed by atoms with van der Waals surface area (Å²) >= 11 is 1.62. The van der Waals surface area contributed by atoms with Crippen molar-refractivity contribution >= 4 is 40.1 Å². The molecule has 10 heteroatoms. The van der Waals surface area contributed by atoms with Gasteiger partial charge in [-0.1, -0.05) is 6.07 Å². The molecule has 3 aromatic rings. The maximum absolute atomic E-state index is 13.5. The number of hydrogen-bond acceptors (Lipinski definition) is 8. The first-order chi connectivity index (χ1) is 16.6. The summed E-state index contributed by atoms with van der Waals surface area (Å²) in [5.74, 6) is 0.940. The van der Waals surface area contributed by atoms with Crippen LogP contribution < -0.4 is 10.6 Å². The number of likely N-dealkylation sites (tertiary alicyclic amines) is 1. The Morgan fingerprint density at radius 2 is 2.12 bits per heavy atom. The summed E-state index contributed by atoms with van der Waals surface area (Å²) in [5.41, 5.74) is 10.3. The lowest BCUT2D eigenvalue weighted by Crippen LogP contribution is -2.42. The van der Waals surface area contributed by atoms with Gasteiger partial charge in [0.1, 0.15) is 11.5 Å². The van der Waals surface area contributed by atoms with Gasteiger partial charge in [0.25, 0.3) is 5.91 Å². The number of carbonyl (C=O) groups excluding carboxylic acids is 1. The maximum Gasteiger partial charge on any atom is 0.271 e. The molecule has 3 aromatic heterocycles. The summed E-state index contributed by atoms with van der Waals surface area (Å²) in [5, 5.41) is 15.4. The molecule has 2 atom stereocenters. The van der Waals surface area contributed by atoms with Crippen molar-refractivity contribution in [3.63, 3.8) is 0 Å². The van der Waals surface area contributed by atoms with E-state index in [-0.39, 0.29) is 18.0 Å². The fourth-order valence-corrected chi connectivity index (χ4v) is 5.89. The fraction of sp³-hybridized carbons (Fsp3) is 0.458. The van der Waals surface area contributed by atoms with Crippen LogP contribution in [-0.4, -0.2) is 62.5 Å². The molecule has 2 saturated heterocycles. The second-order valence-electron chi connectivity index (χ2n) is 9.37. The topological polar surface area (TPSA) is 104 Å². The van der Waals surface area contributed by atoms with E-state index in [1.807, 2.05) is 39.2 Å². The highest BCUT2D eigenvalue weighted by molar-refractivity contribution is 7.12. The second-order valence-corrected chi connectivity index (χ2v) is 10.3. The minimum atomic E-state index is -0.0830. The first kappa shape index (κ1) is 21.4. The van der Waals surface area contributed by atoms with Gasteiger partial charge in [-0.3, -0.25) is 4.79 Å². The lowest BCUT2D eigenvalue weighted by atomic mass is 9.98. The van der Waals surface area contributed by atoms with Gasteiger partial charge < -0.3 is 15.5 Å². The van der Waals surface area contributed by atoms with Crippen molar-refractivity contribution in [1.29, 1.82) is 0 Å². The first-order valence-corrected chi connectivity index (χ1v) is 12.8. The monoisotopic (exact) mass is 476 g/mol.